The quantitative estimate of drug-likeness (QED) is 0.838. The van der Waals surface area contributed by atoms with Crippen LogP contribution in [0.5, 0.6) is 5.75 Å². The van der Waals surface area contributed by atoms with Crippen LogP contribution in [0.1, 0.15) is 31.9 Å². The summed E-state index contributed by atoms with van der Waals surface area (Å²) in [4.78, 5) is 12.5. The lowest BCUT2D eigenvalue weighted by Gasteiger charge is -2.29. The molecule has 3 rings (SSSR count). The SMILES string of the molecule is CCOc1ccccc1[C@H]1C(C(=O)OC)=C(CC)Nc2nnnn21. The Bertz CT molecular complexity index is 784. The van der Waals surface area contributed by atoms with Crippen molar-refractivity contribution in [3.05, 3.63) is 41.1 Å². The van der Waals surface area contributed by atoms with Crippen molar-refractivity contribution < 1.29 is 14.3 Å². The second-order valence-corrected chi connectivity index (χ2v) is 5.18. The van der Waals surface area contributed by atoms with Gasteiger partial charge in [-0.15, -0.1) is 0 Å². The van der Waals surface area contributed by atoms with E-state index in [0.717, 1.165) is 11.3 Å². The van der Waals surface area contributed by atoms with Gasteiger partial charge in [-0.25, -0.2) is 4.79 Å². The molecule has 1 N–H and O–H groups in total. The van der Waals surface area contributed by atoms with Crippen LogP contribution in [0.3, 0.4) is 0 Å². The number of hydrogen-bond acceptors (Lipinski definition) is 7. The number of ether oxygens (including phenoxy) is 2. The number of benzene rings is 1. The maximum absolute atomic E-state index is 12.5. The van der Waals surface area contributed by atoms with Crippen molar-refractivity contribution in [1.82, 2.24) is 20.2 Å². The first kappa shape index (κ1) is 16.0. The zero-order chi connectivity index (χ0) is 17.1. The van der Waals surface area contributed by atoms with E-state index in [-0.39, 0.29) is 0 Å². The molecule has 8 nitrogen and oxygen atoms in total. The van der Waals surface area contributed by atoms with Gasteiger partial charge in [0.05, 0.1) is 19.3 Å². The second-order valence-electron chi connectivity index (χ2n) is 5.18. The van der Waals surface area contributed by atoms with Crippen LogP contribution in [0.25, 0.3) is 0 Å². The summed E-state index contributed by atoms with van der Waals surface area (Å²) in [7, 11) is 1.36. The van der Waals surface area contributed by atoms with Crippen molar-refractivity contribution in [3.63, 3.8) is 0 Å². The van der Waals surface area contributed by atoms with Gasteiger partial charge in [-0.3, -0.25) is 0 Å². The van der Waals surface area contributed by atoms with E-state index in [0.29, 0.717) is 30.3 Å². The molecule has 1 aliphatic heterocycles. The van der Waals surface area contributed by atoms with Crippen LogP contribution in [0.15, 0.2) is 35.5 Å². The minimum absolute atomic E-state index is 0.420. The number of carbonyl (C=O) groups excluding carboxylic acids is 1. The van der Waals surface area contributed by atoms with Gasteiger partial charge < -0.3 is 14.8 Å². The van der Waals surface area contributed by atoms with E-state index in [2.05, 4.69) is 20.8 Å². The molecule has 0 unspecified atom stereocenters. The molecule has 1 aromatic heterocycles. The van der Waals surface area contributed by atoms with Gasteiger partial charge in [0.25, 0.3) is 0 Å². The number of aromatic nitrogens is 4. The van der Waals surface area contributed by atoms with Crippen LogP contribution in [-0.2, 0) is 9.53 Å². The fourth-order valence-electron chi connectivity index (χ4n) is 2.84. The molecule has 0 fully saturated rings. The highest BCUT2D eigenvalue weighted by Gasteiger charge is 2.36. The first-order valence-electron chi connectivity index (χ1n) is 7.79. The minimum atomic E-state index is -0.513. The van der Waals surface area contributed by atoms with E-state index >= 15 is 0 Å². The van der Waals surface area contributed by atoms with E-state index in [1.54, 1.807) is 4.68 Å². The number of carbonyl (C=O) groups is 1. The first-order chi connectivity index (χ1) is 11.7. The number of hydrogen-bond donors (Lipinski definition) is 1. The molecule has 24 heavy (non-hydrogen) atoms. The van der Waals surface area contributed by atoms with Crippen molar-refractivity contribution >= 4 is 11.9 Å². The van der Waals surface area contributed by atoms with Gasteiger partial charge in [-0.1, -0.05) is 30.2 Å². The lowest BCUT2D eigenvalue weighted by molar-refractivity contribution is -0.136. The smallest absolute Gasteiger partial charge is 0.338 e. The van der Waals surface area contributed by atoms with Gasteiger partial charge >= 0.3 is 5.97 Å². The third-order valence-corrected chi connectivity index (χ3v) is 3.87. The Morgan fingerprint density at radius 3 is 2.83 bits per heavy atom. The molecule has 0 spiro atoms. The molecular formula is C16H19N5O3. The molecule has 0 bridgehead atoms. The Balaban J connectivity index is 2.22. The van der Waals surface area contributed by atoms with Crippen LogP contribution in [0.2, 0.25) is 0 Å². The van der Waals surface area contributed by atoms with Crippen molar-refractivity contribution in [1.29, 1.82) is 0 Å². The highest BCUT2D eigenvalue weighted by atomic mass is 16.5. The lowest BCUT2D eigenvalue weighted by atomic mass is 9.94. The van der Waals surface area contributed by atoms with Crippen LogP contribution < -0.4 is 10.1 Å². The van der Waals surface area contributed by atoms with E-state index in [4.69, 9.17) is 9.47 Å². The normalized spacial score (nSPS) is 16.4. The third-order valence-electron chi connectivity index (χ3n) is 3.87. The van der Waals surface area contributed by atoms with Crippen molar-refractivity contribution in [3.8, 4) is 5.75 Å². The molecule has 0 radical (unpaired) electrons. The monoisotopic (exact) mass is 329 g/mol. The highest BCUT2D eigenvalue weighted by molar-refractivity contribution is 5.92. The number of nitrogens with one attached hydrogen (secondary N) is 1. The summed E-state index contributed by atoms with van der Waals surface area (Å²) in [5.41, 5.74) is 2.02. The molecule has 0 saturated heterocycles. The number of esters is 1. The highest BCUT2D eigenvalue weighted by Crippen LogP contribution is 2.39. The maximum Gasteiger partial charge on any atom is 0.338 e. The maximum atomic E-state index is 12.5. The molecule has 1 atom stereocenters. The van der Waals surface area contributed by atoms with E-state index < -0.39 is 12.0 Å². The molecule has 1 aromatic carbocycles. The molecule has 0 aliphatic carbocycles. The van der Waals surface area contributed by atoms with E-state index in [1.165, 1.54) is 7.11 Å². The standard InChI is InChI=1S/C16H19N5O3/c1-4-11-13(15(22)23-3)14(21-16(17-11)18-19-20-21)10-8-6-7-9-12(10)24-5-2/h6-9,14H,4-5H2,1-3H3,(H,17,18,20)/t14-/m0/s1. The Morgan fingerprint density at radius 1 is 1.33 bits per heavy atom. The van der Waals surface area contributed by atoms with E-state index in [1.807, 2.05) is 38.1 Å². The predicted molar refractivity (Wildman–Crippen MR) is 86.5 cm³/mol. The number of fused-ring (bicyclic) bond motifs is 1. The molecule has 2 aromatic rings. The Labute approximate surface area is 139 Å². The largest absolute Gasteiger partial charge is 0.494 e. The van der Waals surface area contributed by atoms with Gasteiger partial charge in [0.15, 0.2) is 0 Å². The third kappa shape index (κ3) is 2.60. The fourth-order valence-corrected chi connectivity index (χ4v) is 2.84. The number of rotatable bonds is 5. The Kier molecular flexibility index (Phi) is 4.45. The van der Waals surface area contributed by atoms with E-state index in [9.17, 15) is 4.79 Å². The molecule has 126 valence electrons. The number of anilines is 1. The van der Waals surface area contributed by atoms with Crippen LogP contribution in [-0.4, -0.2) is 39.9 Å². The summed E-state index contributed by atoms with van der Waals surface area (Å²) in [6.07, 6.45) is 0.616. The number of para-hydroxylation sites is 1. The summed E-state index contributed by atoms with van der Waals surface area (Å²) in [5.74, 6) is 0.748. The van der Waals surface area contributed by atoms with Gasteiger partial charge in [0.1, 0.15) is 11.8 Å². The number of allylic oxidation sites excluding steroid dienone is 1. The number of tetrazole rings is 1. The van der Waals surface area contributed by atoms with Gasteiger partial charge in [0, 0.05) is 11.3 Å². The van der Waals surface area contributed by atoms with Crippen LogP contribution in [0.4, 0.5) is 5.95 Å². The molecule has 1 aliphatic rings. The second kappa shape index (κ2) is 6.69. The lowest BCUT2D eigenvalue weighted by Crippen LogP contribution is -2.30. The number of methoxy groups -OCH3 is 1. The zero-order valence-electron chi connectivity index (χ0n) is 13.8. The summed E-state index contributed by atoms with van der Waals surface area (Å²) in [5, 5.41) is 14.9. The zero-order valence-corrected chi connectivity index (χ0v) is 13.8. The molecule has 2 heterocycles. The average Bonchev–Trinajstić information content (AvgIpc) is 3.08. The summed E-state index contributed by atoms with van der Waals surface area (Å²) < 4.78 is 12.3. The molecular weight excluding hydrogens is 310 g/mol. The van der Waals surface area contributed by atoms with Crippen LogP contribution in [0, 0.1) is 0 Å². The summed E-state index contributed by atoms with van der Waals surface area (Å²) in [6.45, 7) is 4.38. The molecule has 0 amide bonds. The topological polar surface area (TPSA) is 91.2 Å². The predicted octanol–water partition coefficient (Wildman–Crippen LogP) is 1.92. The van der Waals surface area contributed by atoms with Crippen LogP contribution >= 0.6 is 0 Å². The van der Waals surface area contributed by atoms with Gasteiger partial charge in [-0.2, -0.15) is 4.68 Å². The van der Waals surface area contributed by atoms with Gasteiger partial charge in [0.2, 0.25) is 5.95 Å². The summed E-state index contributed by atoms with van der Waals surface area (Å²) >= 11 is 0. The summed E-state index contributed by atoms with van der Waals surface area (Å²) in [6, 6.07) is 7.04. The van der Waals surface area contributed by atoms with Gasteiger partial charge in [-0.05, 0) is 29.8 Å². The van der Waals surface area contributed by atoms with Crippen molar-refractivity contribution in [2.24, 2.45) is 0 Å². The average molecular weight is 329 g/mol. The van der Waals surface area contributed by atoms with Crippen molar-refractivity contribution in [2.75, 3.05) is 19.0 Å². The molecule has 8 heteroatoms. The molecule has 0 saturated carbocycles. The minimum Gasteiger partial charge on any atom is -0.494 e. The van der Waals surface area contributed by atoms with Crippen molar-refractivity contribution in [2.45, 2.75) is 26.3 Å². The number of nitrogens with zero attached hydrogens (tertiary/aromatic N) is 4. The Hall–Kier alpha value is -2.90. The fraction of sp³-hybridized carbons (Fsp3) is 0.375. The first-order valence-corrected chi connectivity index (χ1v) is 7.79. The Morgan fingerprint density at radius 2 is 2.12 bits per heavy atom.